The standard InChI is InChI=1S/C17H22Cl2F3N/c1-16(2,3)12-4-6-23(7-5-12)15(17(20,21)22)11-8-13(18)10-14(19)9-11/h8-10,12,15H,4-7H2,1-3H3. The van der Waals surface area contributed by atoms with Crippen LogP contribution in [0.2, 0.25) is 10.0 Å². The molecular formula is C17H22Cl2F3N. The Labute approximate surface area is 145 Å². The van der Waals surface area contributed by atoms with Crippen molar-refractivity contribution in [1.29, 1.82) is 0 Å². The Morgan fingerprint density at radius 3 is 1.87 bits per heavy atom. The Bertz CT molecular complexity index is 523. The predicted molar refractivity (Wildman–Crippen MR) is 89.0 cm³/mol. The molecule has 1 aliphatic rings. The zero-order valence-electron chi connectivity index (χ0n) is 13.6. The molecule has 0 N–H and O–H groups in total. The van der Waals surface area contributed by atoms with Crippen LogP contribution in [0.1, 0.15) is 45.2 Å². The molecule has 0 saturated carbocycles. The third-order valence-corrected chi connectivity index (χ3v) is 5.07. The second kappa shape index (κ2) is 6.81. The maximum absolute atomic E-state index is 13.7. The van der Waals surface area contributed by atoms with Crippen LogP contribution in [0, 0.1) is 11.3 Å². The van der Waals surface area contributed by atoms with Crippen LogP contribution >= 0.6 is 23.2 Å². The number of hydrogen-bond donors (Lipinski definition) is 0. The van der Waals surface area contributed by atoms with Crippen molar-refractivity contribution in [1.82, 2.24) is 4.90 Å². The van der Waals surface area contributed by atoms with Gasteiger partial charge in [0.05, 0.1) is 0 Å². The lowest BCUT2D eigenvalue weighted by Crippen LogP contribution is -2.44. The number of piperidine rings is 1. The first kappa shape index (κ1) is 18.9. The van der Waals surface area contributed by atoms with Gasteiger partial charge in [0.15, 0.2) is 0 Å². The second-order valence-corrected chi connectivity index (χ2v) is 8.20. The van der Waals surface area contributed by atoms with Gasteiger partial charge in [-0.15, -0.1) is 0 Å². The average molecular weight is 368 g/mol. The van der Waals surface area contributed by atoms with Crippen molar-refractivity contribution in [2.45, 2.75) is 45.8 Å². The number of benzene rings is 1. The summed E-state index contributed by atoms with van der Waals surface area (Å²) in [6.07, 6.45) is -2.82. The van der Waals surface area contributed by atoms with Crippen molar-refractivity contribution in [3.05, 3.63) is 33.8 Å². The van der Waals surface area contributed by atoms with E-state index in [1.54, 1.807) is 0 Å². The normalized spacial score (nSPS) is 19.8. The molecule has 0 bridgehead atoms. The maximum atomic E-state index is 13.7. The quantitative estimate of drug-likeness (QED) is 0.588. The highest BCUT2D eigenvalue weighted by Crippen LogP contribution is 2.43. The molecule has 1 atom stereocenters. The summed E-state index contributed by atoms with van der Waals surface area (Å²) in [5.74, 6) is 0.440. The molecule has 1 nitrogen and oxygen atoms in total. The first-order valence-electron chi connectivity index (χ1n) is 7.75. The molecule has 130 valence electrons. The van der Waals surface area contributed by atoms with Gasteiger partial charge in [-0.25, -0.2) is 0 Å². The topological polar surface area (TPSA) is 3.24 Å². The zero-order valence-corrected chi connectivity index (χ0v) is 15.1. The van der Waals surface area contributed by atoms with Gasteiger partial charge in [-0.05, 0) is 61.0 Å². The van der Waals surface area contributed by atoms with E-state index in [1.807, 2.05) is 0 Å². The van der Waals surface area contributed by atoms with Gasteiger partial charge in [-0.2, -0.15) is 13.2 Å². The van der Waals surface area contributed by atoms with Crippen molar-refractivity contribution in [2.75, 3.05) is 13.1 Å². The van der Waals surface area contributed by atoms with E-state index in [0.717, 1.165) is 12.8 Å². The van der Waals surface area contributed by atoms with Crippen LogP contribution in [-0.2, 0) is 0 Å². The predicted octanol–water partition coefficient (Wildman–Crippen LogP) is 6.35. The molecule has 0 aromatic heterocycles. The number of nitrogens with zero attached hydrogens (tertiary/aromatic N) is 1. The summed E-state index contributed by atoms with van der Waals surface area (Å²) >= 11 is 11.8. The summed E-state index contributed by atoms with van der Waals surface area (Å²) in [6.45, 7) is 7.29. The van der Waals surface area contributed by atoms with E-state index < -0.39 is 12.2 Å². The first-order valence-corrected chi connectivity index (χ1v) is 8.51. The third kappa shape index (κ3) is 4.77. The SMILES string of the molecule is CC(C)(C)C1CCN(C(c2cc(Cl)cc(Cl)c2)C(F)(F)F)CC1. The first-order chi connectivity index (χ1) is 10.5. The molecule has 0 spiro atoms. The molecule has 1 saturated heterocycles. The summed E-state index contributed by atoms with van der Waals surface area (Å²) in [5, 5.41) is 0.456. The fourth-order valence-corrected chi connectivity index (χ4v) is 3.91. The van der Waals surface area contributed by atoms with Crippen LogP contribution < -0.4 is 0 Å². The zero-order chi connectivity index (χ0) is 17.4. The van der Waals surface area contributed by atoms with Crippen LogP contribution in [0.5, 0.6) is 0 Å². The van der Waals surface area contributed by atoms with Crippen LogP contribution in [0.3, 0.4) is 0 Å². The number of hydrogen-bond acceptors (Lipinski definition) is 1. The van der Waals surface area contributed by atoms with Crippen molar-refractivity contribution >= 4 is 23.2 Å². The molecule has 6 heteroatoms. The summed E-state index contributed by atoms with van der Waals surface area (Å²) in [5.41, 5.74) is 0.239. The van der Waals surface area contributed by atoms with Gasteiger partial charge in [-0.3, -0.25) is 4.90 Å². The molecule has 0 radical (unpaired) electrons. The minimum absolute atomic E-state index is 0.115. The lowest BCUT2D eigenvalue weighted by Gasteiger charge is -2.42. The fourth-order valence-electron chi connectivity index (χ4n) is 3.36. The lowest BCUT2D eigenvalue weighted by atomic mass is 9.75. The van der Waals surface area contributed by atoms with E-state index in [9.17, 15) is 13.2 Å². The number of likely N-dealkylation sites (tertiary alicyclic amines) is 1. The largest absolute Gasteiger partial charge is 0.408 e. The number of halogens is 5. The summed E-state index contributed by atoms with van der Waals surface area (Å²) < 4.78 is 41.0. The van der Waals surface area contributed by atoms with Gasteiger partial charge >= 0.3 is 6.18 Å². The molecule has 1 aromatic rings. The van der Waals surface area contributed by atoms with Gasteiger partial charge in [0, 0.05) is 10.0 Å². The third-order valence-electron chi connectivity index (χ3n) is 4.63. The Morgan fingerprint density at radius 1 is 1.00 bits per heavy atom. The highest BCUT2D eigenvalue weighted by molar-refractivity contribution is 6.34. The summed E-state index contributed by atoms with van der Waals surface area (Å²) in [6, 6.07) is 2.52. The van der Waals surface area contributed by atoms with E-state index in [0.29, 0.717) is 19.0 Å². The Morgan fingerprint density at radius 2 is 1.48 bits per heavy atom. The molecule has 1 fully saturated rings. The van der Waals surface area contributed by atoms with E-state index in [2.05, 4.69) is 20.8 Å². The van der Waals surface area contributed by atoms with E-state index in [4.69, 9.17) is 23.2 Å². The van der Waals surface area contributed by atoms with Crippen molar-refractivity contribution in [3.8, 4) is 0 Å². The Hall–Kier alpha value is -0.450. The van der Waals surface area contributed by atoms with Crippen molar-refractivity contribution in [2.24, 2.45) is 11.3 Å². The molecule has 0 aliphatic carbocycles. The molecule has 1 aliphatic heterocycles. The van der Waals surface area contributed by atoms with Crippen molar-refractivity contribution in [3.63, 3.8) is 0 Å². The molecule has 1 heterocycles. The summed E-state index contributed by atoms with van der Waals surface area (Å²) in [7, 11) is 0. The van der Waals surface area contributed by atoms with Gasteiger partial charge in [0.25, 0.3) is 0 Å². The monoisotopic (exact) mass is 367 g/mol. The number of rotatable bonds is 2. The Balaban J connectivity index is 2.24. The van der Waals surface area contributed by atoms with Gasteiger partial charge < -0.3 is 0 Å². The molecule has 1 unspecified atom stereocenters. The van der Waals surface area contributed by atoms with Crippen LogP contribution in [0.25, 0.3) is 0 Å². The molecule has 2 rings (SSSR count). The van der Waals surface area contributed by atoms with Gasteiger partial charge in [0.2, 0.25) is 0 Å². The minimum atomic E-state index is -4.36. The molecule has 23 heavy (non-hydrogen) atoms. The Kier molecular flexibility index (Phi) is 5.59. The lowest BCUT2D eigenvalue weighted by molar-refractivity contribution is -0.190. The maximum Gasteiger partial charge on any atom is 0.408 e. The van der Waals surface area contributed by atoms with Gasteiger partial charge in [0.1, 0.15) is 6.04 Å². The van der Waals surface area contributed by atoms with Gasteiger partial charge in [-0.1, -0.05) is 44.0 Å². The molecule has 1 aromatic carbocycles. The van der Waals surface area contributed by atoms with E-state index >= 15 is 0 Å². The van der Waals surface area contributed by atoms with Crippen molar-refractivity contribution < 1.29 is 13.2 Å². The highest BCUT2D eigenvalue weighted by Gasteiger charge is 2.46. The minimum Gasteiger partial charge on any atom is -0.289 e. The van der Waals surface area contributed by atoms with E-state index in [-0.39, 0.29) is 21.0 Å². The highest BCUT2D eigenvalue weighted by atomic mass is 35.5. The smallest absolute Gasteiger partial charge is 0.289 e. The molecular weight excluding hydrogens is 346 g/mol. The second-order valence-electron chi connectivity index (χ2n) is 7.32. The average Bonchev–Trinajstić information content (AvgIpc) is 2.35. The fraction of sp³-hybridized carbons (Fsp3) is 0.647. The van der Waals surface area contributed by atoms with Crippen LogP contribution in [0.4, 0.5) is 13.2 Å². The van der Waals surface area contributed by atoms with E-state index in [1.165, 1.54) is 23.1 Å². The van der Waals surface area contributed by atoms with Crippen LogP contribution in [0.15, 0.2) is 18.2 Å². The number of alkyl halides is 3. The summed E-state index contributed by atoms with van der Waals surface area (Å²) in [4.78, 5) is 1.50. The van der Waals surface area contributed by atoms with Crippen LogP contribution in [-0.4, -0.2) is 24.2 Å². The molecule has 0 amide bonds.